The van der Waals surface area contributed by atoms with Gasteiger partial charge in [-0.1, -0.05) is 35.3 Å². The average molecular weight is 500 g/mol. The molecule has 0 amide bonds. The summed E-state index contributed by atoms with van der Waals surface area (Å²) in [6, 6.07) is 11.9. The van der Waals surface area contributed by atoms with Crippen LogP contribution in [0.5, 0.6) is 5.75 Å². The number of ether oxygens (including phenoxy) is 2. The predicted octanol–water partition coefficient (Wildman–Crippen LogP) is 4.81. The third-order valence-corrected chi connectivity index (χ3v) is 8.27. The lowest BCUT2D eigenvalue weighted by atomic mass is 9.76. The van der Waals surface area contributed by atoms with Crippen LogP contribution in [0, 0.1) is 0 Å². The minimum Gasteiger partial charge on any atom is -0.494 e. The molecular weight excluding hydrogens is 469 g/mol. The zero-order chi connectivity index (χ0) is 23.1. The fourth-order valence-electron chi connectivity index (χ4n) is 4.07. The Morgan fingerprint density at radius 2 is 1.88 bits per heavy atom. The van der Waals surface area contributed by atoms with E-state index >= 15 is 0 Å². The Kier molecular flexibility index (Phi) is 9.26. The molecule has 2 aromatic carbocycles. The number of hydrogen-bond donors (Lipinski definition) is 1. The fourth-order valence-corrected chi connectivity index (χ4v) is 5.53. The summed E-state index contributed by atoms with van der Waals surface area (Å²) in [6.07, 6.45) is 3.08. The molecule has 0 saturated heterocycles. The maximum Gasteiger partial charge on any atom is 0.152 e. The molecule has 8 heteroatoms. The number of halogens is 2. The molecule has 2 aromatic rings. The van der Waals surface area contributed by atoms with E-state index in [1.54, 1.807) is 0 Å². The van der Waals surface area contributed by atoms with Crippen molar-refractivity contribution >= 4 is 33.0 Å². The summed E-state index contributed by atoms with van der Waals surface area (Å²) in [5.41, 5.74) is 10.1. The van der Waals surface area contributed by atoms with Crippen LogP contribution in [0.1, 0.15) is 42.4 Å². The monoisotopic (exact) mass is 499 g/mol. The van der Waals surface area contributed by atoms with E-state index in [9.17, 15) is 8.42 Å². The molecule has 176 valence electrons. The lowest BCUT2D eigenvalue weighted by Gasteiger charge is -2.32. The summed E-state index contributed by atoms with van der Waals surface area (Å²) in [5, 5.41) is 1.08. The van der Waals surface area contributed by atoms with Crippen molar-refractivity contribution in [2.24, 2.45) is 5.73 Å². The SMILES string of the molecule is CCOCCS(=O)(=O)CCCOc1ccc2c(c1)C(Cc1ccc(Cl)c(Cl)c1)C(N)CC2. The van der Waals surface area contributed by atoms with Gasteiger partial charge in [0, 0.05) is 18.6 Å². The highest BCUT2D eigenvalue weighted by Gasteiger charge is 2.28. The molecule has 2 N–H and O–H groups in total. The highest BCUT2D eigenvalue weighted by molar-refractivity contribution is 7.91. The highest BCUT2D eigenvalue weighted by atomic mass is 35.5. The fraction of sp³-hybridized carbons (Fsp3) is 0.500. The molecule has 1 aliphatic carbocycles. The Bertz CT molecular complexity index is 1010. The molecule has 0 bridgehead atoms. The van der Waals surface area contributed by atoms with Gasteiger partial charge in [0.05, 0.1) is 34.8 Å². The molecule has 3 rings (SSSR count). The number of hydrogen-bond acceptors (Lipinski definition) is 5. The van der Waals surface area contributed by atoms with Crippen LogP contribution in [0.25, 0.3) is 0 Å². The van der Waals surface area contributed by atoms with E-state index in [1.807, 2.05) is 31.2 Å². The van der Waals surface area contributed by atoms with E-state index in [0.29, 0.717) is 29.7 Å². The first-order valence-corrected chi connectivity index (χ1v) is 13.6. The molecule has 2 atom stereocenters. The van der Waals surface area contributed by atoms with Crippen molar-refractivity contribution in [2.75, 3.05) is 31.3 Å². The first kappa shape index (κ1) is 25.3. The minimum atomic E-state index is -3.12. The summed E-state index contributed by atoms with van der Waals surface area (Å²) in [4.78, 5) is 0. The molecular formula is C24H31Cl2NO4S. The average Bonchev–Trinajstić information content (AvgIpc) is 2.76. The largest absolute Gasteiger partial charge is 0.494 e. The van der Waals surface area contributed by atoms with E-state index < -0.39 is 9.84 Å². The molecule has 0 radical (unpaired) electrons. The molecule has 0 saturated carbocycles. The van der Waals surface area contributed by atoms with Gasteiger partial charge < -0.3 is 15.2 Å². The lowest BCUT2D eigenvalue weighted by molar-refractivity contribution is 0.163. The molecule has 2 unspecified atom stereocenters. The van der Waals surface area contributed by atoms with Crippen molar-refractivity contribution in [1.29, 1.82) is 0 Å². The van der Waals surface area contributed by atoms with Crippen LogP contribution in [0.15, 0.2) is 36.4 Å². The third-order valence-electron chi connectivity index (χ3n) is 5.83. The van der Waals surface area contributed by atoms with Gasteiger partial charge in [-0.3, -0.25) is 0 Å². The predicted molar refractivity (Wildman–Crippen MR) is 131 cm³/mol. The summed E-state index contributed by atoms with van der Waals surface area (Å²) >= 11 is 12.3. The van der Waals surface area contributed by atoms with Crippen LogP contribution in [0.4, 0.5) is 0 Å². The molecule has 1 aliphatic rings. The first-order chi connectivity index (χ1) is 15.3. The van der Waals surface area contributed by atoms with Crippen molar-refractivity contribution in [3.63, 3.8) is 0 Å². The molecule has 0 fully saturated rings. The summed E-state index contributed by atoms with van der Waals surface area (Å²) in [5.74, 6) is 1.03. The Balaban J connectivity index is 1.63. The van der Waals surface area contributed by atoms with Gasteiger partial charge in [-0.25, -0.2) is 8.42 Å². The van der Waals surface area contributed by atoms with Crippen LogP contribution in [-0.2, 0) is 27.4 Å². The number of nitrogens with two attached hydrogens (primary N) is 1. The van der Waals surface area contributed by atoms with Gasteiger partial charge in [0.25, 0.3) is 0 Å². The van der Waals surface area contributed by atoms with E-state index in [4.69, 9.17) is 38.4 Å². The number of rotatable bonds is 11. The quantitative estimate of drug-likeness (QED) is 0.448. The van der Waals surface area contributed by atoms with Crippen LogP contribution in [-0.4, -0.2) is 45.8 Å². The molecule has 0 spiro atoms. The van der Waals surface area contributed by atoms with Gasteiger partial charge in [-0.2, -0.15) is 0 Å². The van der Waals surface area contributed by atoms with Gasteiger partial charge >= 0.3 is 0 Å². The third kappa shape index (κ3) is 7.09. The Hall–Kier alpha value is -1.31. The number of fused-ring (bicyclic) bond motifs is 1. The van der Waals surface area contributed by atoms with Crippen molar-refractivity contribution in [1.82, 2.24) is 0 Å². The van der Waals surface area contributed by atoms with E-state index in [0.717, 1.165) is 30.6 Å². The van der Waals surface area contributed by atoms with E-state index in [2.05, 4.69) is 12.1 Å². The maximum absolute atomic E-state index is 12.0. The van der Waals surface area contributed by atoms with Gasteiger partial charge in [-0.05, 0) is 73.6 Å². The van der Waals surface area contributed by atoms with Crippen LogP contribution < -0.4 is 10.5 Å². The zero-order valence-electron chi connectivity index (χ0n) is 18.4. The number of sulfone groups is 1. The van der Waals surface area contributed by atoms with Gasteiger partial charge in [-0.15, -0.1) is 0 Å². The van der Waals surface area contributed by atoms with E-state index in [1.165, 1.54) is 11.1 Å². The second-order valence-corrected chi connectivity index (χ2v) is 11.3. The minimum absolute atomic E-state index is 0.0442. The van der Waals surface area contributed by atoms with Crippen LogP contribution >= 0.6 is 23.2 Å². The second-order valence-electron chi connectivity index (χ2n) is 8.17. The van der Waals surface area contributed by atoms with Gasteiger partial charge in [0.2, 0.25) is 0 Å². The van der Waals surface area contributed by atoms with Crippen molar-refractivity contribution in [3.05, 3.63) is 63.1 Å². The topological polar surface area (TPSA) is 78.6 Å². The standard InChI is InChI=1S/C24H31Cl2NO4S/c1-2-30-11-13-32(28,29)12-3-10-31-19-7-5-18-6-9-24(27)21(20(18)16-19)14-17-4-8-22(25)23(26)15-17/h4-5,7-8,15-16,21,24H,2-3,6,9-14,27H2,1H3. The highest BCUT2D eigenvalue weighted by Crippen LogP contribution is 2.36. The van der Waals surface area contributed by atoms with Crippen LogP contribution in [0.2, 0.25) is 10.0 Å². The lowest BCUT2D eigenvalue weighted by Crippen LogP contribution is -2.34. The van der Waals surface area contributed by atoms with Gasteiger partial charge in [0.1, 0.15) is 5.75 Å². The zero-order valence-corrected chi connectivity index (χ0v) is 20.7. The maximum atomic E-state index is 12.0. The summed E-state index contributed by atoms with van der Waals surface area (Å²) in [6.45, 7) is 2.95. The first-order valence-electron chi connectivity index (χ1n) is 11.0. The van der Waals surface area contributed by atoms with E-state index in [-0.39, 0.29) is 30.1 Å². The number of benzene rings is 2. The normalized spacial score (nSPS) is 18.4. The Labute approximate surface area is 201 Å². The second kappa shape index (κ2) is 11.7. The molecule has 0 heterocycles. The Morgan fingerprint density at radius 3 is 2.62 bits per heavy atom. The smallest absolute Gasteiger partial charge is 0.152 e. The molecule has 32 heavy (non-hydrogen) atoms. The molecule has 0 aromatic heterocycles. The summed E-state index contributed by atoms with van der Waals surface area (Å²) < 4.78 is 35.1. The van der Waals surface area contributed by atoms with Crippen molar-refractivity contribution in [3.8, 4) is 5.75 Å². The summed E-state index contributed by atoms with van der Waals surface area (Å²) in [7, 11) is -3.12. The Morgan fingerprint density at radius 1 is 1.06 bits per heavy atom. The molecule has 5 nitrogen and oxygen atoms in total. The number of aryl methyl sites for hydroxylation is 1. The van der Waals surface area contributed by atoms with Crippen molar-refractivity contribution < 1.29 is 17.9 Å². The van der Waals surface area contributed by atoms with Crippen LogP contribution in [0.3, 0.4) is 0 Å². The van der Waals surface area contributed by atoms with Gasteiger partial charge in [0.15, 0.2) is 9.84 Å². The van der Waals surface area contributed by atoms with Crippen molar-refractivity contribution in [2.45, 2.75) is 44.6 Å². The molecule has 0 aliphatic heterocycles.